The van der Waals surface area contributed by atoms with Crippen LogP contribution < -0.4 is 4.90 Å². The molecule has 1 heterocycles. The molecule has 0 N–H and O–H groups in total. The predicted molar refractivity (Wildman–Crippen MR) is 261 cm³/mol. The van der Waals surface area contributed by atoms with Gasteiger partial charge >= 0.3 is 0 Å². The van der Waals surface area contributed by atoms with Gasteiger partial charge in [-0.25, -0.2) is 0 Å². The quantitative estimate of drug-likeness (QED) is 0.145. The summed E-state index contributed by atoms with van der Waals surface area (Å²) < 4.78 is 6.12. The van der Waals surface area contributed by atoms with Crippen LogP contribution in [0.5, 0.6) is 0 Å². The lowest BCUT2D eigenvalue weighted by Crippen LogP contribution is -2.09. The molecule has 2 heteroatoms. The Morgan fingerprint density at radius 2 is 0.516 bits per heavy atom. The molecule has 0 atom stereocenters. The lowest BCUT2D eigenvalue weighted by atomic mass is 9.97. The van der Waals surface area contributed by atoms with E-state index in [-0.39, 0.29) is 0 Å². The van der Waals surface area contributed by atoms with E-state index in [1.807, 2.05) is 12.1 Å². The summed E-state index contributed by atoms with van der Waals surface area (Å²) in [7, 11) is 0. The standard InChI is InChI=1S/C60H41NO/c1-3-12-42(13-4-1)47-16-9-18-49(38-47)44-24-31-54(32-25-44)61(55-33-26-45(27-34-55)50-19-10-17-48(39-50)43-14-5-2-6-15-43)56-35-28-46(29-36-56)51-20-11-21-52(40-51)53-30-37-60-58(41-53)57-22-7-8-23-59(57)62-60/h1-41H. The van der Waals surface area contributed by atoms with E-state index in [0.717, 1.165) is 44.6 Å². The van der Waals surface area contributed by atoms with Crippen LogP contribution in [0.3, 0.4) is 0 Å². The molecule has 0 radical (unpaired) electrons. The molecule has 0 fully saturated rings. The zero-order valence-electron chi connectivity index (χ0n) is 34.0. The van der Waals surface area contributed by atoms with Crippen LogP contribution in [-0.2, 0) is 0 Å². The van der Waals surface area contributed by atoms with Gasteiger partial charge in [0.1, 0.15) is 11.2 Å². The molecule has 0 amide bonds. The molecule has 11 rings (SSSR count). The van der Waals surface area contributed by atoms with Crippen LogP contribution in [0.4, 0.5) is 17.1 Å². The number of furan rings is 1. The van der Waals surface area contributed by atoms with Gasteiger partial charge in [0.2, 0.25) is 0 Å². The predicted octanol–water partition coefficient (Wildman–Crippen LogP) is 17.1. The number of anilines is 3. The molecule has 11 aromatic rings. The van der Waals surface area contributed by atoms with Gasteiger partial charge in [-0.3, -0.25) is 0 Å². The molecule has 0 spiro atoms. The van der Waals surface area contributed by atoms with Crippen LogP contribution in [0.2, 0.25) is 0 Å². The summed E-state index contributed by atoms with van der Waals surface area (Å²) in [6.07, 6.45) is 0. The molecule has 0 unspecified atom stereocenters. The monoisotopic (exact) mass is 791 g/mol. The highest BCUT2D eigenvalue weighted by Crippen LogP contribution is 2.39. The molecule has 0 bridgehead atoms. The summed E-state index contributed by atoms with van der Waals surface area (Å²) >= 11 is 0. The van der Waals surface area contributed by atoms with Crippen LogP contribution in [-0.4, -0.2) is 0 Å². The van der Waals surface area contributed by atoms with Gasteiger partial charge < -0.3 is 9.32 Å². The second-order valence-electron chi connectivity index (χ2n) is 15.8. The van der Waals surface area contributed by atoms with Gasteiger partial charge in [-0.15, -0.1) is 0 Å². The average molecular weight is 792 g/mol. The van der Waals surface area contributed by atoms with Crippen LogP contribution in [0.25, 0.3) is 88.7 Å². The first kappa shape index (κ1) is 36.8. The normalized spacial score (nSPS) is 11.2. The molecule has 0 saturated carbocycles. The van der Waals surface area contributed by atoms with Crippen molar-refractivity contribution in [1.82, 2.24) is 0 Å². The van der Waals surface area contributed by atoms with Gasteiger partial charge in [-0.2, -0.15) is 0 Å². The third-order valence-electron chi connectivity index (χ3n) is 11.9. The fourth-order valence-electron chi connectivity index (χ4n) is 8.66. The lowest BCUT2D eigenvalue weighted by molar-refractivity contribution is 0.669. The van der Waals surface area contributed by atoms with Gasteiger partial charge in [0.05, 0.1) is 0 Å². The van der Waals surface area contributed by atoms with E-state index >= 15 is 0 Å². The molecule has 1 aromatic heterocycles. The van der Waals surface area contributed by atoms with Crippen molar-refractivity contribution in [1.29, 1.82) is 0 Å². The fraction of sp³-hybridized carbons (Fsp3) is 0. The molecule has 0 aliphatic carbocycles. The molecule has 0 saturated heterocycles. The van der Waals surface area contributed by atoms with E-state index in [1.54, 1.807) is 0 Å². The number of fused-ring (bicyclic) bond motifs is 3. The average Bonchev–Trinajstić information content (AvgIpc) is 3.73. The topological polar surface area (TPSA) is 16.4 Å². The van der Waals surface area contributed by atoms with Crippen LogP contribution >= 0.6 is 0 Å². The largest absolute Gasteiger partial charge is 0.456 e. The molecular weight excluding hydrogens is 751 g/mol. The Morgan fingerprint density at radius 3 is 0.952 bits per heavy atom. The highest BCUT2D eigenvalue weighted by atomic mass is 16.3. The van der Waals surface area contributed by atoms with E-state index in [2.05, 4.69) is 241 Å². The van der Waals surface area contributed by atoms with Crippen molar-refractivity contribution >= 4 is 39.0 Å². The van der Waals surface area contributed by atoms with Crippen molar-refractivity contribution in [3.63, 3.8) is 0 Å². The van der Waals surface area contributed by atoms with Crippen molar-refractivity contribution in [3.05, 3.63) is 249 Å². The number of nitrogens with zero attached hydrogens (tertiary/aromatic N) is 1. The number of hydrogen-bond donors (Lipinski definition) is 0. The van der Waals surface area contributed by atoms with Crippen molar-refractivity contribution in [3.8, 4) is 66.8 Å². The second-order valence-corrected chi connectivity index (χ2v) is 15.8. The van der Waals surface area contributed by atoms with Gasteiger partial charge in [0.25, 0.3) is 0 Å². The van der Waals surface area contributed by atoms with Crippen molar-refractivity contribution < 1.29 is 4.42 Å². The Morgan fingerprint density at radius 1 is 0.210 bits per heavy atom. The highest BCUT2D eigenvalue weighted by Gasteiger charge is 2.15. The minimum atomic E-state index is 0.907. The third-order valence-corrected chi connectivity index (χ3v) is 11.9. The van der Waals surface area contributed by atoms with E-state index in [4.69, 9.17) is 4.42 Å². The molecular formula is C60H41NO. The van der Waals surface area contributed by atoms with Gasteiger partial charge in [-0.05, 0) is 140 Å². The number of hydrogen-bond acceptors (Lipinski definition) is 2. The summed E-state index contributed by atoms with van der Waals surface area (Å²) in [4.78, 5) is 2.35. The Labute approximate surface area is 362 Å². The number of rotatable bonds is 9. The Balaban J connectivity index is 0.930. The molecule has 0 aliphatic rings. The van der Waals surface area contributed by atoms with Gasteiger partial charge in [0, 0.05) is 27.8 Å². The van der Waals surface area contributed by atoms with Crippen LogP contribution in [0.1, 0.15) is 0 Å². The Hall–Kier alpha value is -8.20. The first-order valence-electron chi connectivity index (χ1n) is 21.1. The summed E-state index contributed by atoms with van der Waals surface area (Å²) in [6, 6.07) is 89.1. The van der Waals surface area contributed by atoms with E-state index in [0.29, 0.717) is 0 Å². The highest BCUT2D eigenvalue weighted by molar-refractivity contribution is 6.06. The van der Waals surface area contributed by atoms with Crippen molar-refractivity contribution in [2.75, 3.05) is 4.90 Å². The molecule has 62 heavy (non-hydrogen) atoms. The third kappa shape index (κ3) is 7.25. The molecule has 2 nitrogen and oxygen atoms in total. The number of para-hydroxylation sites is 1. The summed E-state index contributed by atoms with van der Waals surface area (Å²) in [6.45, 7) is 0. The van der Waals surface area contributed by atoms with E-state index in [9.17, 15) is 0 Å². The van der Waals surface area contributed by atoms with E-state index in [1.165, 1.54) is 61.2 Å². The second kappa shape index (κ2) is 16.1. The summed E-state index contributed by atoms with van der Waals surface area (Å²) in [5.74, 6) is 0. The fourth-order valence-corrected chi connectivity index (χ4v) is 8.66. The van der Waals surface area contributed by atoms with Gasteiger partial charge in [0.15, 0.2) is 0 Å². The van der Waals surface area contributed by atoms with Crippen molar-refractivity contribution in [2.45, 2.75) is 0 Å². The summed E-state index contributed by atoms with van der Waals surface area (Å²) in [5.41, 5.74) is 19.3. The van der Waals surface area contributed by atoms with Crippen LogP contribution in [0, 0.1) is 0 Å². The van der Waals surface area contributed by atoms with Crippen LogP contribution in [0.15, 0.2) is 253 Å². The zero-order valence-corrected chi connectivity index (χ0v) is 34.0. The maximum Gasteiger partial charge on any atom is 0.135 e. The van der Waals surface area contributed by atoms with Gasteiger partial charge in [-0.1, -0.05) is 176 Å². The van der Waals surface area contributed by atoms with Crippen molar-refractivity contribution in [2.24, 2.45) is 0 Å². The Bertz CT molecular complexity index is 3180. The SMILES string of the molecule is c1ccc(-c2cccc(-c3ccc(N(c4ccc(-c5cccc(-c6ccccc6)c5)cc4)c4ccc(-c5cccc(-c6ccc7oc8ccccc8c7c6)c5)cc4)cc3)c2)cc1. The smallest absolute Gasteiger partial charge is 0.135 e. The minimum Gasteiger partial charge on any atom is -0.456 e. The maximum absolute atomic E-state index is 6.12. The molecule has 10 aromatic carbocycles. The Kier molecular flexibility index (Phi) is 9.57. The zero-order chi connectivity index (χ0) is 41.2. The lowest BCUT2D eigenvalue weighted by Gasteiger charge is -2.26. The maximum atomic E-state index is 6.12. The first-order valence-corrected chi connectivity index (χ1v) is 21.1. The first-order chi connectivity index (χ1) is 30.7. The summed E-state index contributed by atoms with van der Waals surface area (Å²) in [5, 5.41) is 2.27. The minimum absolute atomic E-state index is 0.907. The molecule has 0 aliphatic heterocycles. The molecule has 292 valence electrons. The number of benzene rings is 10. The van der Waals surface area contributed by atoms with E-state index < -0.39 is 0 Å².